The molecule has 0 spiro atoms. The van der Waals surface area contributed by atoms with Gasteiger partial charge in [-0.25, -0.2) is 4.39 Å². The summed E-state index contributed by atoms with van der Waals surface area (Å²) >= 11 is 9.33. The van der Waals surface area contributed by atoms with E-state index >= 15 is 0 Å². The summed E-state index contributed by atoms with van der Waals surface area (Å²) < 4.78 is 15.1. The Morgan fingerprint density at radius 1 is 1.45 bits per heavy atom. The van der Waals surface area contributed by atoms with Gasteiger partial charge in [0.1, 0.15) is 5.69 Å². The molecule has 0 aromatic heterocycles. The number of nitriles is 1. The highest BCUT2D eigenvalue weighted by molar-refractivity contribution is 9.10. The van der Waals surface area contributed by atoms with Crippen LogP contribution in [0.3, 0.4) is 0 Å². The van der Waals surface area contributed by atoms with Gasteiger partial charge in [0.25, 0.3) is 5.69 Å². The van der Waals surface area contributed by atoms with Gasteiger partial charge in [-0.2, -0.15) is 5.26 Å². The SMILES string of the molecule is N#Cc1cc([N+](=O)[O-])c(N)c(F)c1Cc1ccc(Br)cc1Cl. The monoisotopic (exact) mass is 383 g/mol. The van der Waals surface area contributed by atoms with Crippen molar-refractivity contribution in [2.75, 3.05) is 5.73 Å². The van der Waals surface area contributed by atoms with Crippen molar-refractivity contribution in [3.63, 3.8) is 0 Å². The molecule has 0 amide bonds. The lowest BCUT2D eigenvalue weighted by Gasteiger charge is -2.10. The molecular formula is C14H8BrClFN3O2. The lowest BCUT2D eigenvalue weighted by atomic mass is 9.98. The molecule has 8 heteroatoms. The molecule has 0 aliphatic heterocycles. The van der Waals surface area contributed by atoms with E-state index in [2.05, 4.69) is 15.9 Å². The fraction of sp³-hybridized carbons (Fsp3) is 0.0714. The predicted octanol–water partition coefficient (Wildman–Crippen LogP) is 4.19. The van der Waals surface area contributed by atoms with Crippen LogP contribution in [0.2, 0.25) is 5.02 Å². The molecule has 0 atom stereocenters. The van der Waals surface area contributed by atoms with Crippen LogP contribution in [-0.4, -0.2) is 4.92 Å². The van der Waals surface area contributed by atoms with E-state index in [4.69, 9.17) is 22.6 Å². The highest BCUT2D eigenvalue weighted by Gasteiger charge is 2.23. The number of halogens is 3. The van der Waals surface area contributed by atoms with Gasteiger partial charge in [-0.3, -0.25) is 10.1 Å². The minimum absolute atomic E-state index is 0.00301. The predicted molar refractivity (Wildman–Crippen MR) is 84.1 cm³/mol. The van der Waals surface area contributed by atoms with Gasteiger partial charge in [-0.05, 0) is 17.7 Å². The zero-order valence-corrected chi connectivity index (χ0v) is 13.3. The van der Waals surface area contributed by atoms with E-state index in [1.54, 1.807) is 24.3 Å². The van der Waals surface area contributed by atoms with Crippen molar-refractivity contribution in [3.05, 3.63) is 66.4 Å². The zero-order valence-electron chi connectivity index (χ0n) is 10.9. The molecule has 2 rings (SSSR count). The minimum Gasteiger partial charge on any atom is -0.391 e. The number of nitro benzene ring substituents is 1. The first kappa shape index (κ1) is 16.2. The summed E-state index contributed by atoms with van der Waals surface area (Å²) in [5.74, 6) is -0.968. The molecule has 2 aromatic rings. The number of benzene rings is 2. The summed E-state index contributed by atoms with van der Waals surface area (Å²) in [5, 5.41) is 20.3. The number of nitro groups is 1. The van der Waals surface area contributed by atoms with Crippen molar-refractivity contribution in [2.45, 2.75) is 6.42 Å². The van der Waals surface area contributed by atoms with Gasteiger partial charge in [0.15, 0.2) is 5.82 Å². The topological polar surface area (TPSA) is 92.9 Å². The van der Waals surface area contributed by atoms with Gasteiger partial charge in [0.05, 0.1) is 16.6 Å². The maximum absolute atomic E-state index is 14.3. The van der Waals surface area contributed by atoms with Gasteiger partial charge in [-0.1, -0.05) is 33.6 Å². The maximum Gasteiger partial charge on any atom is 0.296 e. The Bertz CT molecular complexity index is 821. The molecule has 112 valence electrons. The van der Waals surface area contributed by atoms with E-state index < -0.39 is 22.1 Å². The van der Waals surface area contributed by atoms with Crippen LogP contribution in [0.25, 0.3) is 0 Å². The average Bonchev–Trinajstić information content (AvgIpc) is 2.46. The molecule has 22 heavy (non-hydrogen) atoms. The van der Waals surface area contributed by atoms with Crippen molar-refractivity contribution in [3.8, 4) is 6.07 Å². The molecule has 2 N–H and O–H groups in total. The zero-order chi connectivity index (χ0) is 16.4. The average molecular weight is 385 g/mol. The molecule has 2 aromatic carbocycles. The quantitative estimate of drug-likeness (QED) is 0.488. The molecule has 0 saturated heterocycles. The van der Waals surface area contributed by atoms with Crippen LogP contribution in [0.15, 0.2) is 28.7 Å². The lowest BCUT2D eigenvalue weighted by Crippen LogP contribution is -2.06. The van der Waals surface area contributed by atoms with E-state index in [-0.39, 0.29) is 17.5 Å². The molecule has 0 aliphatic carbocycles. The number of hydrogen-bond donors (Lipinski definition) is 1. The fourth-order valence-corrected chi connectivity index (χ4v) is 2.71. The summed E-state index contributed by atoms with van der Waals surface area (Å²) in [7, 11) is 0. The van der Waals surface area contributed by atoms with E-state index in [1.165, 1.54) is 0 Å². The highest BCUT2D eigenvalue weighted by atomic mass is 79.9. The van der Waals surface area contributed by atoms with Gasteiger partial charge >= 0.3 is 0 Å². The summed E-state index contributed by atoms with van der Waals surface area (Å²) in [6.45, 7) is 0. The van der Waals surface area contributed by atoms with E-state index in [1.807, 2.05) is 0 Å². The van der Waals surface area contributed by atoms with Crippen molar-refractivity contribution >= 4 is 38.9 Å². The largest absolute Gasteiger partial charge is 0.391 e. The Morgan fingerprint density at radius 3 is 2.68 bits per heavy atom. The van der Waals surface area contributed by atoms with E-state index in [9.17, 15) is 14.5 Å². The van der Waals surface area contributed by atoms with Crippen LogP contribution in [-0.2, 0) is 6.42 Å². The van der Waals surface area contributed by atoms with Crippen molar-refractivity contribution < 1.29 is 9.31 Å². The highest BCUT2D eigenvalue weighted by Crippen LogP contribution is 2.32. The van der Waals surface area contributed by atoms with Crippen molar-refractivity contribution in [2.24, 2.45) is 0 Å². The molecule has 0 heterocycles. The number of hydrogen-bond acceptors (Lipinski definition) is 4. The second-order valence-electron chi connectivity index (χ2n) is 4.43. The maximum atomic E-state index is 14.3. The van der Waals surface area contributed by atoms with E-state index in [0.717, 1.165) is 10.5 Å². The van der Waals surface area contributed by atoms with Crippen LogP contribution in [0.5, 0.6) is 0 Å². The Hall–Kier alpha value is -2.17. The van der Waals surface area contributed by atoms with E-state index in [0.29, 0.717) is 10.6 Å². The summed E-state index contributed by atoms with van der Waals surface area (Å²) in [6.07, 6.45) is 0.00301. The molecular weight excluding hydrogens is 377 g/mol. The number of rotatable bonds is 3. The lowest BCUT2D eigenvalue weighted by molar-refractivity contribution is -0.384. The molecule has 0 bridgehead atoms. The second-order valence-corrected chi connectivity index (χ2v) is 5.75. The molecule has 0 aliphatic rings. The number of nitrogen functional groups attached to an aromatic ring is 1. The Kier molecular flexibility index (Phi) is 4.64. The summed E-state index contributed by atoms with van der Waals surface area (Å²) in [4.78, 5) is 10.0. The van der Waals surface area contributed by atoms with Crippen molar-refractivity contribution in [1.29, 1.82) is 5.26 Å². The number of nitrogens with two attached hydrogens (primary N) is 1. The molecule has 5 nitrogen and oxygen atoms in total. The molecule has 0 radical (unpaired) electrons. The standard InChI is InChI=1S/C14H8BrClFN3O2/c15-9-2-1-7(11(16)5-9)3-10-8(6-18)4-12(20(21)22)14(19)13(10)17/h1-2,4-5H,3,19H2. The third kappa shape index (κ3) is 3.03. The Balaban J connectivity index is 2.58. The first-order valence-corrected chi connectivity index (χ1v) is 7.11. The molecule has 0 saturated carbocycles. The van der Waals surface area contributed by atoms with Gasteiger partial charge in [-0.15, -0.1) is 0 Å². The first-order chi connectivity index (χ1) is 10.3. The smallest absolute Gasteiger partial charge is 0.296 e. The minimum atomic E-state index is -0.968. The number of nitrogens with zero attached hydrogens (tertiary/aromatic N) is 2. The molecule has 0 unspecified atom stereocenters. The number of anilines is 1. The van der Waals surface area contributed by atoms with Crippen LogP contribution < -0.4 is 5.73 Å². The van der Waals surface area contributed by atoms with Crippen LogP contribution in [0.4, 0.5) is 15.8 Å². The van der Waals surface area contributed by atoms with Crippen molar-refractivity contribution in [1.82, 2.24) is 0 Å². The summed E-state index contributed by atoms with van der Waals surface area (Å²) in [5.41, 5.74) is 4.66. The fourth-order valence-electron chi connectivity index (χ4n) is 1.97. The molecule has 0 fully saturated rings. The Morgan fingerprint density at radius 2 is 2.14 bits per heavy atom. The van der Waals surface area contributed by atoms with Crippen LogP contribution >= 0.6 is 27.5 Å². The van der Waals surface area contributed by atoms with Gasteiger partial charge in [0, 0.05) is 27.5 Å². The first-order valence-electron chi connectivity index (χ1n) is 5.94. The van der Waals surface area contributed by atoms with Gasteiger partial charge in [0.2, 0.25) is 0 Å². The normalized spacial score (nSPS) is 10.3. The third-order valence-corrected chi connectivity index (χ3v) is 3.93. The third-order valence-electron chi connectivity index (χ3n) is 3.08. The van der Waals surface area contributed by atoms with Crippen LogP contribution in [0.1, 0.15) is 16.7 Å². The summed E-state index contributed by atoms with van der Waals surface area (Å²) in [6, 6.07) is 7.76. The second kappa shape index (κ2) is 6.30. The Labute approximate surface area is 138 Å². The van der Waals surface area contributed by atoms with Crippen LogP contribution in [0, 0.1) is 27.3 Å². The van der Waals surface area contributed by atoms with Gasteiger partial charge < -0.3 is 5.73 Å².